The molecule has 0 spiro atoms. The molecule has 3 unspecified atom stereocenters. The molecule has 0 radical (unpaired) electrons. The Morgan fingerprint density at radius 2 is 2.38 bits per heavy atom. The fourth-order valence-electron chi connectivity index (χ4n) is 3.24. The second kappa shape index (κ2) is 6.63. The zero-order chi connectivity index (χ0) is 18.3. The third kappa shape index (κ3) is 3.10. The summed E-state index contributed by atoms with van der Waals surface area (Å²) in [5.74, 6) is 1.32. The van der Waals surface area contributed by atoms with Crippen molar-refractivity contribution in [3.05, 3.63) is 22.3 Å². The first-order valence-corrected chi connectivity index (χ1v) is 10.1. The third-order valence-electron chi connectivity index (χ3n) is 4.57. The number of aliphatic imine (C=N–C) groups is 1. The zero-order valence-corrected chi connectivity index (χ0v) is 16.0. The summed E-state index contributed by atoms with van der Waals surface area (Å²) in [6.07, 6.45) is 2.65. The van der Waals surface area contributed by atoms with Gasteiger partial charge < -0.3 is 15.8 Å². The van der Waals surface area contributed by atoms with Crippen LogP contribution in [0.15, 0.2) is 16.6 Å². The van der Waals surface area contributed by atoms with Crippen molar-refractivity contribution in [1.29, 1.82) is 0 Å². The number of thiazole rings is 1. The van der Waals surface area contributed by atoms with Crippen LogP contribution in [0.3, 0.4) is 0 Å². The number of anilines is 1. The Morgan fingerprint density at radius 3 is 3.15 bits per heavy atom. The van der Waals surface area contributed by atoms with Crippen molar-refractivity contribution < 1.29 is 9.53 Å². The number of amidine groups is 1. The predicted molar refractivity (Wildman–Crippen MR) is 100 cm³/mol. The monoisotopic (exact) mass is 393 g/mol. The summed E-state index contributed by atoms with van der Waals surface area (Å²) < 4.78 is 7.38. The number of carbonyl (C=O) groups excluding carboxylic acids is 1. The first kappa shape index (κ1) is 17.4. The van der Waals surface area contributed by atoms with Crippen molar-refractivity contribution in [1.82, 2.24) is 20.0 Å². The summed E-state index contributed by atoms with van der Waals surface area (Å²) in [6.45, 7) is 2.52. The molecule has 1 fully saturated rings. The smallest absolute Gasteiger partial charge is 0.279 e. The molecule has 2 aliphatic heterocycles. The Bertz CT molecular complexity index is 864. The number of carbonyl (C=O) groups is 1. The second-order valence-electron chi connectivity index (χ2n) is 6.51. The van der Waals surface area contributed by atoms with Crippen LogP contribution in [0.5, 0.6) is 0 Å². The van der Waals surface area contributed by atoms with Gasteiger partial charge in [0.25, 0.3) is 5.91 Å². The number of fused-ring (bicyclic) bond motifs is 1. The second-order valence-corrected chi connectivity index (χ2v) is 8.41. The van der Waals surface area contributed by atoms with Crippen LogP contribution in [0, 0.1) is 5.92 Å². The fourth-order valence-corrected chi connectivity index (χ4v) is 5.21. The minimum Gasteiger partial charge on any atom is -0.379 e. The Hall–Kier alpha value is -1.98. The third-order valence-corrected chi connectivity index (χ3v) is 6.54. The summed E-state index contributed by atoms with van der Waals surface area (Å²) in [5, 5.41) is 13.5. The number of ether oxygens (including phenoxy) is 1. The summed E-state index contributed by atoms with van der Waals surface area (Å²) in [7, 11) is 1.71. The molecule has 9 nitrogen and oxygen atoms in total. The Labute approximate surface area is 158 Å². The molecule has 0 saturated carbocycles. The number of aromatic nitrogens is 4. The highest BCUT2D eigenvalue weighted by Crippen LogP contribution is 2.46. The molecule has 1 saturated heterocycles. The van der Waals surface area contributed by atoms with Crippen LogP contribution < -0.4 is 11.1 Å². The van der Waals surface area contributed by atoms with Gasteiger partial charge in [0.2, 0.25) is 0 Å². The van der Waals surface area contributed by atoms with Crippen LogP contribution in [0.4, 0.5) is 5.82 Å². The lowest BCUT2D eigenvalue weighted by Gasteiger charge is -2.44. The molecule has 4 rings (SSSR count). The first-order valence-electron chi connectivity index (χ1n) is 8.19. The number of amides is 1. The van der Waals surface area contributed by atoms with Crippen molar-refractivity contribution >= 4 is 40.0 Å². The van der Waals surface area contributed by atoms with Gasteiger partial charge >= 0.3 is 0 Å². The average Bonchev–Trinajstić information content (AvgIpc) is 3.24. The lowest BCUT2D eigenvalue weighted by atomic mass is 9.80. The maximum absolute atomic E-state index is 12.3. The molecule has 0 aliphatic carbocycles. The van der Waals surface area contributed by atoms with Gasteiger partial charge in [-0.2, -0.15) is 0 Å². The van der Waals surface area contributed by atoms with Gasteiger partial charge in [0.05, 0.1) is 18.9 Å². The molecule has 0 aromatic carbocycles. The van der Waals surface area contributed by atoms with E-state index in [0.29, 0.717) is 23.5 Å². The van der Waals surface area contributed by atoms with E-state index in [1.807, 2.05) is 0 Å². The molecular weight excluding hydrogens is 374 g/mol. The van der Waals surface area contributed by atoms with Gasteiger partial charge in [-0.15, -0.1) is 16.4 Å². The summed E-state index contributed by atoms with van der Waals surface area (Å²) in [4.78, 5) is 21.6. The van der Waals surface area contributed by atoms with E-state index in [2.05, 4.69) is 27.5 Å². The van der Waals surface area contributed by atoms with Crippen LogP contribution in [-0.4, -0.2) is 49.5 Å². The highest BCUT2D eigenvalue weighted by Gasteiger charge is 2.49. The van der Waals surface area contributed by atoms with Gasteiger partial charge in [-0.05, 0) is 13.3 Å². The molecule has 3 N–H and O–H groups in total. The van der Waals surface area contributed by atoms with E-state index in [0.717, 1.165) is 17.2 Å². The van der Waals surface area contributed by atoms with E-state index in [-0.39, 0.29) is 17.7 Å². The highest BCUT2D eigenvalue weighted by atomic mass is 32.2. The quantitative estimate of drug-likeness (QED) is 0.804. The van der Waals surface area contributed by atoms with Gasteiger partial charge in [-0.3, -0.25) is 9.48 Å². The maximum atomic E-state index is 12.3. The molecule has 2 aromatic heterocycles. The number of aryl methyl sites for hydroxylation is 1. The Balaban J connectivity index is 1.59. The zero-order valence-electron chi connectivity index (χ0n) is 14.4. The topological polar surface area (TPSA) is 120 Å². The lowest BCUT2D eigenvalue weighted by molar-refractivity contribution is -0.0466. The Kier molecular flexibility index (Phi) is 4.45. The molecule has 11 heteroatoms. The predicted octanol–water partition coefficient (Wildman–Crippen LogP) is 1.21. The maximum Gasteiger partial charge on any atom is 0.279 e. The minimum absolute atomic E-state index is 0.194. The van der Waals surface area contributed by atoms with Gasteiger partial charge in [-0.1, -0.05) is 17.0 Å². The molecule has 4 heterocycles. The summed E-state index contributed by atoms with van der Waals surface area (Å²) in [5.41, 5.74) is 5.68. The lowest BCUT2D eigenvalue weighted by Crippen LogP contribution is -2.49. The van der Waals surface area contributed by atoms with E-state index < -0.39 is 5.54 Å². The van der Waals surface area contributed by atoms with Crippen molar-refractivity contribution in [2.45, 2.75) is 25.0 Å². The number of thioether (sulfide) groups is 1. The Morgan fingerprint density at radius 1 is 1.54 bits per heavy atom. The average molecular weight is 393 g/mol. The van der Waals surface area contributed by atoms with Crippen molar-refractivity contribution in [3.8, 4) is 0 Å². The number of rotatable bonds is 3. The highest BCUT2D eigenvalue weighted by molar-refractivity contribution is 8.13. The van der Waals surface area contributed by atoms with Crippen molar-refractivity contribution in [3.63, 3.8) is 0 Å². The molecule has 3 atom stereocenters. The van der Waals surface area contributed by atoms with E-state index in [1.165, 1.54) is 16.0 Å². The molecule has 26 heavy (non-hydrogen) atoms. The van der Waals surface area contributed by atoms with Crippen LogP contribution in [0.2, 0.25) is 0 Å². The molecule has 1 amide bonds. The van der Waals surface area contributed by atoms with Crippen molar-refractivity contribution in [2.24, 2.45) is 23.7 Å². The molecular formula is C15H19N7O2S2. The van der Waals surface area contributed by atoms with Gasteiger partial charge in [0, 0.05) is 24.1 Å². The van der Waals surface area contributed by atoms with E-state index in [9.17, 15) is 4.79 Å². The molecule has 2 aromatic rings. The number of hydrogen-bond acceptors (Lipinski definition) is 9. The van der Waals surface area contributed by atoms with Crippen LogP contribution in [0.25, 0.3) is 0 Å². The van der Waals surface area contributed by atoms with Crippen LogP contribution in [-0.2, 0) is 17.3 Å². The fraction of sp³-hybridized carbons (Fsp3) is 0.533. The number of hydrogen-bond donors (Lipinski definition) is 2. The molecule has 138 valence electrons. The number of nitrogens with zero attached hydrogens (tertiary/aromatic N) is 5. The standard InChI is InChI=1S/C15H19N7O2S2/c1-8-3-9-5-26-14(16)19-15(9,7-24-8)13-18-11(6-25-13)17-12(23)10-4-22(2)21-20-10/h4,6,8-9H,3,5,7H2,1-2H3,(H2,16,19)(H,17,23). The largest absolute Gasteiger partial charge is 0.379 e. The van der Waals surface area contributed by atoms with E-state index in [4.69, 9.17) is 15.5 Å². The number of nitrogens with two attached hydrogens (primary N) is 1. The van der Waals surface area contributed by atoms with Crippen LogP contribution in [0.1, 0.15) is 28.8 Å². The SMILES string of the molecule is CC1CC2CSC(N)=NC2(c2nc(NC(=O)c3cn(C)nn3)cs2)CO1. The molecule has 0 bridgehead atoms. The summed E-state index contributed by atoms with van der Waals surface area (Å²) >= 11 is 3.04. The van der Waals surface area contributed by atoms with Gasteiger partial charge in [0.1, 0.15) is 16.4 Å². The normalized spacial score (nSPS) is 28.3. The van der Waals surface area contributed by atoms with Gasteiger partial charge in [-0.25, -0.2) is 9.98 Å². The van der Waals surface area contributed by atoms with Gasteiger partial charge in [0.15, 0.2) is 10.9 Å². The first-order chi connectivity index (χ1) is 12.5. The van der Waals surface area contributed by atoms with Crippen molar-refractivity contribution in [2.75, 3.05) is 17.7 Å². The minimum atomic E-state index is -0.567. The molecule has 2 aliphatic rings. The van der Waals surface area contributed by atoms with E-state index in [1.54, 1.807) is 30.4 Å². The van der Waals surface area contributed by atoms with E-state index >= 15 is 0 Å². The number of nitrogens with one attached hydrogen (secondary N) is 1. The summed E-state index contributed by atoms with van der Waals surface area (Å²) in [6, 6.07) is 0. The van der Waals surface area contributed by atoms with Crippen LogP contribution >= 0.6 is 23.1 Å².